The fourth-order valence-corrected chi connectivity index (χ4v) is 7.25. The van der Waals surface area contributed by atoms with Gasteiger partial charge in [0.05, 0.1) is 0 Å². The van der Waals surface area contributed by atoms with E-state index in [1.165, 1.54) is 0 Å². The van der Waals surface area contributed by atoms with E-state index in [-0.39, 0.29) is 16.7 Å². The van der Waals surface area contributed by atoms with E-state index in [1.54, 1.807) is 0 Å². The Morgan fingerprint density at radius 2 is 1.73 bits per heavy atom. The van der Waals surface area contributed by atoms with Crippen LogP contribution in [0.3, 0.4) is 0 Å². The molecule has 3 heteroatoms. The highest BCUT2D eigenvalue weighted by molar-refractivity contribution is 5.87. The molecule has 3 unspecified atom stereocenters. The lowest BCUT2D eigenvalue weighted by Gasteiger charge is -2.61. The Kier molecular flexibility index (Phi) is 3.14. The van der Waals surface area contributed by atoms with Crippen molar-refractivity contribution in [3.63, 3.8) is 0 Å². The minimum Gasteiger partial charge on any atom is -0.365 e. The summed E-state index contributed by atoms with van der Waals surface area (Å²) in [5, 5.41) is 21.0. The number of aliphatic hydroxyl groups is 2. The molecule has 0 aromatic carbocycles. The van der Waals surface area contributed by atoms with Crippen LogP contribution in [0.2, 0.25) is 0 Å². The number of hydrogen-bond donors (Lipinski definition) is 2. The first-order valence-electron chi connectivity index (χ1n) is 9.27. The van der Waals surface area contributed by atoms with Gasteiger partial charge in [0.1, 0.15) is 5.78 Å². The molecule has 6 atom stereocenters. The van der Waals surface area contributed by atoms with Gasteiger partial charge in [-0.25, -0.2) is 0 Å². The van der Waals surface area contributed by atoms with Gasteiger partial charge in [-0.2, -0.15) is 0 Å². The van der Waals surface area contributed by atoms with Crippen LogP contribution < -0.4 is 0 Å². The molecule has 0 amide bonds. The molecule has 22 heavy (non-hydrogen) atoms. The molecule has 124 valence electrons. The van der Waals surface area contributed by atoms with Gasteiger partial charge in [0.2, 0.25) is 0 Å². The van der Waals surface area contributed by atoms with Crippen molar-refractivity contribution in [1.82, 2.24) is 0 Å². The van der Waals surface area contributed by atoms with Crippen molar-refractivity contribution in [2.75, 3.05) is 0 Å². The SMILES string of the molecule is C[C@]12CCCC(O)(O)C1CC[C@@H]1C2CC[C@]2(C)C(=O)CCC12. The molecule has 3 nitrogen and oxygen atoms in total. The molecule has 0 spiro atoms. The number of hydrogen-bond acceptors (Lipinski definition) is 3. The lowest BCUT2D eigenvalue weighted by Crippen LogP contribution is -2.59. The molecule has 2 N–H and O–H groups in total. The maximum atomic E-state index is 12.4. The first-order valence-corrected chi connectivity index (χ1v) is 9.27. The van der Waals surface area contributed by atoms with E-state index >= 15 is 0 Å². The van der Waals surface area contributed by atoms with Crippen LogP contribution in [-0.2, 0) is 4.79 Å². The third-order valence-corrected chi connectivity index (χ3v) is 8.40. The normalized spacial score (nSPS) is 53.5. The summed E-state index contributed by atoms with van der Waals surface area (Å²) in [4.78, 5) is 12.4. The molecule has 4 aliphatic rings. The van der Waals surface area contributed by atoms with E-state index in [0.717, 1.165) is 51.4 Å². The summed E-state index contributed by atoms with van der Waals surface area (Å²) in [5.74, 6) is 0.797. The van der Waals surface area contributed by atoms with E-state index in [1.807, 2.05) is 0 Å². The summed E-state index contributed by atoms with van der Waals surface area (Å²) >= 11 is 0. The molecule has 0 aliphatic heterocycles. The average Bonchev–Trinajstić information content (AvgIpc) is 2.74. The first kappa shape index (κ1) is 15.1. The highest BCUT2D eigenvalue weighted by Gasteiger charge is 2.62. The largest absolute Gasteiger partial charge is 0.365 e. The Balaban J connectivity index is 1.68. The quantitative estimate of drug-likeness (QED) is 0.675. The summed E-state index contributed by atoms with van der Waals surface area (Å²) in [6, 6.07) is 0. The maximum absolute atomic E-state index is 12.4. The molecular weight excluding hydrogens is 276 g/mol. The molecule has 0 saturated heterocycles. The lowest BCUT2D eigenvalue weighted by molar-refractivity contribution is -0.276. The van der Waals surface area contributed by atoms with Gasteiger partial charge >= 0.3 is 0 Å². The third kappa shape index (κ3) is 1.78. The van der Waals surface area contributed by atoms with Crippen LogP contribution in [0, 0.1) is 34.5 Å². The van der Waals surface area contributed by atoms with Gasteiger partial charge in [-0.3, -0.25) is 4.79 Å². The highest BCUT2D eigenvalue weighted by atomic mass is 16.5. The summed E-state index contributed by atoms with van der Waals surface area (Å²) in [5.41, 5.74) is -0.0216. The number of rotatable bonds is 0. The van der Waals surface area contributed by atoms with Gasteiger partial charge < -0.3 is 10.2 Å². The zero-order chi connectivity index (χ0) is 15.8. The van der Waals surface area contributed by atoms with E-state index < -0.39 is 5.79 Å². The number of carbonyl (C=O) groups is 1. The predicted octanol–water partition coefficient (Wildman–Crippen LogP) is 3.28. The second-order valence-corrected chi connectivity index (χ2v) is 9.16. The van der Waals surface area contributed by atoms with E-state index in [2.05, 4.69) is 13.8 Å². The van der Waals surface area contributed by atoms with E-state index in [4.69, 9.17) is 0 Å². The van der Waals surface area contributed by atoms with Crippen molar-refractivity contribution < 1.29 is 15.0 Å². The Labute approximate surface area is 133 Å². The van der Waals surface area contributed by atoms with Crippen LogP contribution >= 0.6 is 0 Å². The van der Waals surface area contributed by atoms with E-state index in [0.29, 0.717) is 30.0 Å². The van der Waals surface area contributed by atoms with Crippen molar-refractivity contribution >= 4 is 5.78 Å². The molecular formula is C19H30O3. The van der Waals surface area contributed by atoms with Crippen LogP contribution in [-0.4, -0.2) is 21.8 Å². The van der Waals surface area contributed by atoms with Crippen molar-refractivity contribution in [3.05, 3.63) is 0 Å². The highest BCUT2D eigenvalue weighted by Crippen LogP contribution is 2.66. The van der Waals surface area contributed by atoms with E-state index in [9.17, 15) is 15.0 Å². The Hall–Kier alpha value is -0.410. The van der Waals surface area contributed by atoms with Crippen molar-refractivity contribution in [1.29, 1.82) is 0 Å². The fraction of sp³-hybridized carbons (Fsp3) is 0.947. The third-order valence-electron chi connectivity index (χ3n) is 8.40. The molecule has 0 bridgehead atoms. The summed E-state index contributed by atoms with van der Waals surface area (Å²) in [6.45, 7) is 4.52. The van der Waals surface area contributed by atoms with Crippen molar-refractivity contribution in [2.24, 2.45) is 34.5 Å². The molecule has 4 aliphatic carbocycles. The van der Waals surface area contributed by atoms with Gasteiger partial charge in [0.15, 0.2) is 5.79 Å². The van der Waals surface area contributed by atoms with Gasteiger partial charge in [-0.15, -0.1) is 0 Å². The Morgan fingerprint density at radius 3 is 2.50 bits per heavy atom. The smallest absolute Gasteiger partial charge is 0.165 e. The molecule has 0 radical (unpaired) electrons. The topological polar surface area (TPSA) is 57.5 Å². The van der Waals surface area contributed by atoms with Gasteiger partial charge in [-0.1, -0.05) is 13.8 Å². The average molecular weight is 306 g/mol. The Bertz CT molecular complexity index is 499. The molecule has 4 saturated carbocycles. The second kappa shape index (κ2) is 4.57. The standard InChI is InChI=1S/C19H30O3/c1-17-9-3-10-19(21,22)15(17)6-4-12-13-5-7-16(20)18(13,2)11-8-14(12)17/h12-15,21-22H,3-11H2,1-2H3/t12-,13?,14?,15?,17+,18-/m0/s1. The minimum absolute atomic E-state index is 0.0245. The van der Waals surface area contributed by atoms with Gasteiger partial charge in [0, 0.05) is 24.2 Å². The second-order valence-electron chi connectivity index (χ2n) is 9.16. The summed E-state index contributed by atoms with van der Waals surface area (Å²) < 4.78 is 0. The predicted molar refractivity (Wildman–Crippen MR) is 83.9 cm³/mol. The number of carbonyl (C=O) groups excluding carboxylic acids is 1. The van der Waals surface area contributed by atoms with Crippen molar-refractivity contribution in [3.8, 4) is 0 Å². The zero-order valence-corrected chi connectivity index (χ0v) is 14.0. The molecule has 0 aromatic heterocycles. The van der Waals surface area contributed by atoms with Crippen molar-refractivity contribution in [2.45, 2.75) is 77.4 Å². The number of Topliss-reactive ketones (excluding diaryl/α,β-unsaturated/α-hetero) is 1. The Morgan fingerprint density at radius 1 is 0.955 bits per heavy atom. The van der Waals surface area contributed by atoms with Gasteiger partial charge in [-0.05, 0) is 68.1 Å². The minimum atomic E-state index is -1.47. The van der Waals surface area contributed by atoms with Crippen LogP contribution in [0.15, 0.2) is 0 Å². The molecule has 4 fully saturated rings. The van der Waals surface area contributed by atoms with Gasteiger partial charge in [0.25, 0.3) is 0 Å². The molecule has 4 rings (SSSR count). The van der Waals surface area contributed by atoms with Crippen LogP contribution in [0.4, 0.5) is 0 Å². The maximum Gasteiger partial charge on any atom is 0.165 e. The summed E-state index contributed by atoms with van der Waals surface area (Å²) in [6.07, 6.45) is 8.55. The number of fused-ring (bicyclic) bond motifs is 5. The monoisotopic (exact) mass is 306 g/mol. The van der Waals surface area contributed by atoms with Crippen LogP contribution in [0.1, 0.15) is 71.6 Å². The fourth-order valence-electron chi connectivity index (χ4n) is 7.25. The molecule has 0 aromatic rings. The lowest BCUT2D eigenvalue weighted by atomic mass is 9.44. The summed E-state index contributed by atoms with van der Waals surface area (Å²) in [7, 11) is 0. The van der Waals surface area contributed by atoms with Crippen LogP contribution in [0.25, 0.3) is 0 Å². The zero-order valence-electron chi connectivity index (χ0n) is 14.0. The van der Waals surface area contributed by atoms with Crippen LogP contribution in [0.5, 0.6) is 0 Å². The number of ketones is 1. The molecule has 0 heterocycles. The first-order chi connectivity index (χ1) is 10.3.